The average molecular weight is 326 g/mol. The lowest BCUT2D eigenvalue weighted by Crippen LogP contribution is -2.45. The zero-order chi connectivity index (χ0) is 16.0. The van der Waals surface area contributed by atoms with E-state index in [-0.39, 0.29) is 5.41 Å². The van der Waals surface area contributed by atoms with Crippen LogP contribution in [0.3, 0.4) is 0 Å². The van der Waals surface area contributed by atoms with Crippen molar-refractivity contribution in [1.29, 1.82) is 0 Å². The SMILES string of the molecule is S=C(NCC1(c2ccccc2)CCOCC1)Nc1ccccc1. The second kappa shape index (κ2) is 7.57. The molecule has 0 aliphatic carbocycles. The molecule has 3 rings (SSSR count). The fraction of sp³-hybridized carbons (Fsp3) is 0.316. The molecule has 2 aromatic rings. The maximum absolute atomic E-state index is 5.57. The number of ether oxygens (including phenoxy) is 1. The van der Waals surface area contributed by atoms with E-state index in [1.807, 2.05) is 30.3 Å². The van der Waals surface area contributed by atoms with E-state index in [1.54, 1.807) is 0 Å². The van der Waals surface area contributed by atoms with Gasteiger partial charge < -0.3 is 15.4 Å². The lowest BCUT2D eigenvalue weighted by molar-refractivity contribution is 0.0515. The fourth-order valence-electron chi connectivity index (χ4n) is 3.07. The molecule has 2 N–H and O–H groups in total. The number of thiocarbonyl (C=S) groups is 1. The van der Waals surface area contributed by atoms with Crippen LogP contribution in [0, 0.1) is 0 Å². The average Bonchev–Trinajstić information content (AvgIpc) is 2.62. The van der Waals surface area contributed by atoms with Gasteiger partial charge >= 0.3 is 0 Å². The Balaban J connectivity index is 1.66. The van der Waals surface area contributed by atoms with Gasteiger partial charge in [-0.3, -0.25) is 0 Å². The van der Waals surface area contributed by atoms with Crippen LogP contribution < -0.4 is 10.6 Å². The van der Waals surface area contributed by atoms with Gasteiger partial charge in [0, 0.05) is 30.9 Å². The first kappa shape index (κ1) is 16.0. The van der Waals surface area contributed by atoms with Crippen LogP contribution in [0.5, 0.6) is 0 Å². The Morgan fingerprint density at radius 2 is 1.57 bits per heavy atom. The van der Waals surface area contributed by atoms with Gasteiger partial charge in [0.2, 0.25) is 0 Å². The molecule has 0 atom stereocenters. The van der Waals surface area contributed by atoms with Gasteiger partial charge in [-0.05, 0) is 42.8 Å². The molecule has 1 aliphatic heterocycles. The molecule has 1 saturated heterocycles. The largest absolute Gasteiger partial charge is 0.381 e. The lowest BCUT2D eigenvalue weighted by Gasteiger charge is -2.38. The molecule has 2 aromatic carbocycles. The highest BCUT2D eigenvalue weighted by Gasteiger charge is 2.34. The Morgan fingerprint density at radius 1 is 0.957 bits per heavy atom. The summed E-state index contributed by atoms with van der Waals surface area (Å²) < 4.78 is 5.57. The normalized spacial score (nSPS) is 16.5. The van der Waals surface area contributed by atoms with Crippen molar-refractivity contribution in [2.24, 2.45) is 0 Å². The quantitative estimate of drug-likeness (QED) is 0.839. The van der Waals surface area contributed by atoms with Gasteiger partial charge in [-0.2, -0.15) is 0 Å². The molecule has 3 nitrogen and oxygen atoms in total. The van der Waals surface area contributed by atoms with Gasteiger partial charge in [0.05, 0.1) is 0 Å². The minimum atomic E-state index is 0.0853. The maximum atomic E-state index is 5.57. The lowest BCUT2D eigenvalue weighted by atomic mass is 9.74. The molecule has 4 heteroatoms. The molecule has 1 aliphatic rings. The number of hydrogen-bond acceptors (Lipinski definition) is 2. The first-order valence-electron chi connectivity index (χ1n) is 8.02. The maximum Gasteiger partial charge on any atom is 0.170 e. The van der Waals surface area contributed by atoms with E-state index < -0.39 is 0 Å². The summed E-state index contributed by atoms with van der Waals surface area (Å²) in [4.78, 5) is 0. The van der Waals surface area contributed by atoms with Crippen molar-refractivity contribution in [2.75, 3.05) is 25.1 Å². The molecule has 0 bridgehead atoms. The van der Waals surface area contributed by atoms with Gasteiger partial charge in [0.15, 0.2) is 5.11 Å². The molecule has 0 unspecified atom stereocenters. The minimum absolute atomic E-state index is 0.0853. The van der Waals surface area contributed by atoms with Crippen LogP contribution in [0.2, 0.25) is 0 Å². The van der Waals surface area contributed by atoms with E-state index in [1.165, 1.54) is 5.56 Å². The monoisotopic (exact) mass is 326 g/mol. The standard InChI is InChI=1S/C19H22N2OS/c23-18(21-17-9-5-2-6-10-17)20-15-19(11-13-22-14-12-19)16-7-3-1-4-8-16/h1-10H,11-15H2,(H2,20,21,23). The van der Waals surface area contributed by atoms with Gasteiger partial charge in [-0.1, -0.05) is 48.5 Å². The zero-order valence-electron chi connectivity index (χ0n) is 13.1. The van der Waals surface area contributed by atoms with E-state index in [0.717, 1.165) is 38.3 Å². The molecular formula is C19H22N2OS. The van der Waals surface area contributed by atoms with Crippen LogP contribution in [0.15, 0.2) is 60.7 Å². The van der Waals surface area contributed by atoms with Crippen molar-refractivity contribution in [3.8, 4) is 0 Å². The summed E-state index contributed by atoms with van der Waals surface area (Å²) in [6.07, 6.45) is 2.02. The molecule has 0 saturated carbocycles. The van der Waals surface area contributed by atoms with Gasteiger partial charge in [0.1, 0.15) is 0 Å². The third kappa shape index (κ3) is 4.09. The Morgan fingerprint density at radius 3 is 2.22 bits per heavy atom. The summed E-state index contributed by atoms with van der Waals surface area (Å²) in [5, 5.41) is 7.31. The van der Waals surface area contributed by atoms with Gasteiger partial charge in [0.25, 0.3) is 0 Å². The van der Waals surface area contributed by atoms with E-state index in [9.17, 15) is 0 Å². The van der Waals surface area contributed by atoms with Crippen LogP contribution >= 0.6 is 12.2 Å². The van der Waals surface area contributed by atoms with Gasteiger partial charge in [-0.25, -0.2) is 0 Å². The van der Waals surface area contributed by atoms with E-state index >= 15 is 0 Å². The molecule has 0 radical (unpaired) electrons. The van der Waals surface area contributed by atoms with Crippen LogP contribution in [0.4, 0.5) is 5.69 Å². The highest BCUT2D eigenvalue weighted by molar-refractivity contribution is 7.80. The summed E-state index contributed by atoms with van der Waals surface area (Å²) in [5.41, 5.74) is 2.45. The molecule has 0 amide bonds. The molecule has 23 heavy (non-hydrogen) atoms. The highest BCUT2D eigenvalue weighted by atomic mass is 32.1. The van der Waals surface area contributed by atoms with Crippen molar-refractivity contribution in [1.82, 2.24) is 5.32 Å². The van der Waals surface area contributed by atoms with Crippen molar-refractivity contribution >= 4 is 23.0 Å². The second-order valence-corrected chi connectivity index (χ2v) is 6.34. The molecular weight excluding hydrogens is 304 g/mol. The Labute approximate surface area is 143 Å². The Bertz CT molecular complexity index is 624. The van der Waals surface area contributed by atoms with E-state index in [0.29, 0.717) is 5.11 Å². The summed E-state index contributed by atoms with van der Waals surface area (Å²) >= 11 is 5.45. The van der Waals surface area contributed by atoms with Crippen LogP contribution in [-0.2, 0) is 10.2 Å². The third-order valence-electron chi connectivity index (χ3n) is 4.46. The number of anilines is 1. The number of hydrogen-bond donors (Lipinski definition) is 2. The zero-order valence-corrected chi connectivity index (χ0v) is 13.9. The molecule has 1 fully saturated rings. The molecule has 120 valence electrons. The molecule has 0 spiro atoms. The first-order chi connectivity index (χ1) is 11.3. The van der Waals surface area contributed by atoms with Crippen LogP contribution in [0.25, 0.3) is 0 Å². The highest BCUT2D eigenvalue weighted by Crippen LogP contribution is 2.34. The van der Waals surface area contributed by atoms with Gasteiger partial charge in [-0.15, -0.1) is 0 Å². The van der Waals surface area contributed by atoms with Crippen LogP contribution in [-0.4, -0.2) is 24.9 Å². The van der Waals surface area contributed by atoms with E-state index in [4.69, 9.17) is 17.0 Å². The Kier molecular flexibility index (Phi) is 5.26. The van der Waals surface area contributed by atoms with Crippen molar-refractivity contribution < 1.29 is 4.74 Å². The number of nitrogens with one attached hydrogen (secondary N) is 2. The van der Waals surface area contributed by atoms with Crippen molar-refractivity contribution in [3.05, 3.63) is 66.2 Å². The first-order valence-corrected chi connectivity index (χ1v) is 8.43. The molecule has 0 aromatic heterocycles. The number of rotatable bonds is 4. The number of benzene rings is 2. The summed E-state index contributed by atoms with van der Waals surface area (Å²) in [6.45, 7) is 2.42. The fourth-order valence-corrected chi connectivity index (χ4v) is 3.26. The minimum Gasteiger partial charge on any atom is -0.381 e. The summed E-state index contributed by atoms with van der Waals surface area (Å²) in [7, 11) is 0. The number of para-hydroxylation sites is 1. The summed E-state index contributed by atoms with van der Waals surface area (Å²) in [5.74, 6) is 0. The topological polar surface area (TPSA) is 33.3 Å². The predicted molar refractivity (Wildman–Crippen MR) is 98.8 cm³/mol. The van der Waals surface area contributed by atoms with Crippen molar-refractivity contribution in [2.45, 2.75) is 18.3 Å². The smallest absolute Gasteiger partial charge is 0.170 e. The van der Waals surface area contributed by atoms with Crippen molar-refractivity contribution in [3.63, 3.8) is 0 Å². The predicted octanol–water partition coefficient (Wildman–Crippen LogP) is 3.72. The third-order valence-corrected chi connectivity index (χ3v) is 4.70. The second-order valence-electron chi connectivity index (χ2n) is 5.93. The van der Waals surface area contributed by atoms with E-state index in [2.05, 4.69) is 41.0 Å². The Hall–Kier alpha value is -1.91. The summed E-state index contributed by atoms with van der Waals surface area (Å²) in [6, 6.07) is 20.7. The van der Waals surface area contributed by atoms with Crippen LogP contribution in [0.1, 0.15) is 18.4 Å². The molecule has 1 heterocycles.